The highest BCUT2D eigenvalue weighted by Gasteiger charge is 2.14. The molecule has 2 heterocycles. The summed E-state index contributed by atoms with van der Waals surface area (Å²) in [5.74, 6) is 1.23. The lowest BCUT2D eigenvalue weighted by atomic mass is 10.2. The molecule has 0 N–H and O–H groups in total. The van der Waals surface area contributed by atoms with Gasteiger partial charge < -0.3 is 9.15 Å². The van der Waals surface area contributed by atoms with Crippen molar-refractivity contribution >= 4 is 23.6 Å². The summed E-state index contributed by atoms with van der Waals surface area (Å²) in [5.41, 5.74) is 2.09. The molecule has 0 bridgehead atoms. The standard InChI is InChI=1S/C17H19N3O2S2/c1-3-21-15-7-5-4-6-14(15)16-18-20(17(23)22-16)12-19(2)10-13-8-9-24-11-13/h4-9,11H,3,10,12H2,1-2H3. The Bertz CT molecular complexity index is 840. The fourth-order valence-corrected chi connectivity index (χ4v) is 3.24. The predicted octanol–water partition coefficient (Wildman–Crippen LogP) is 4.42. The number of rotatable bonds is 7. The second kappa shape index (κ2) is 7.74. The fourth-order valence-electron chi connectivity index (χ4n) is 2.40. The van der Waals surface area contributed by atoms with Gasteiger partial charge in [-0.3, -0.25) is 4.90 Å². The molecular weight excluding hydrogens is 342 g/mol. The molecule has 126 valence electrons. The zero-order chi connectivity index (χ0) is 16.9. The van der Waals surface area contributed by atoms with Gasteiger partial charge in [0.1, 0.15) is 5.75 Å². The fraction of sp³-hybridized carbons (Fsp3) is 0.294. The Morgan fingerprint density at radius 2 is 2.17 bits per heavy atom. The van der Waals surface area contributed by atoms with Crippen LogP contribution in [0.15, 0.2) is 45.5 Å². The van der Waals surface area contributed by atoms with Crippen molar-refractivity contribution in [3.05, 3.63) is 51.5 Å². The van der Waals surface area contributed by atoms with Gasteiger partial charge in [-0.2, -0.15) is 11.3 Å². The van der Waals surface area contributed by atoms with Crippen LogP contribution < -0.4 is 4.74 Å². The number of benzene rings is 1. The quantitative estimate of drug-likeness (QED) is 0.583. The number of para-hydroxylation sites is 1. The van der Waals surface area contributed by atoms with Gasteiger partial charge in [-0.25, -0.2) is 4.68 Å². The molecule has 0 aliphatic heterocycles. The minimum atomic E-state index is 0.355. The maximum atomic E-state index is 5.69. The Hall–Kier alpha value is -1.96. The van der Waals surface area contributed by atoms with Gasteiger partial charge in [0.25, 0.3) is 10.7 Å². The summed E-state index contributed by atoms with van der Waals surface area (Å²) in [6.07, 6.45) is 0. The van der Waals surface area contributed by atoms with Gasteiger partial charge in [-0.1, -0.05) is 12.1 Å². The molecule has 7 heteroatoms. The number of ether oxygens (including phenoxy) is 1. The maximum absolute atomic E-state index is 5.69. The second-order valence-electron chi connectivity index (χ2n) is 5.39. The van der Waals surface area contributed by atoms with Crippen LogP contribution in [0, 0.1) is 4.84 Å². The molecule has 3 aromatic rings. The van der Waals surface area contributed by atoms with E-state index < -0.39 is 0 Å². The molecule has 0 unspecified atom stereocenters. The molecule has 0 saturated heterocycles. The van der Waals surface area contributed by atoms with E-state index in [-0.39, 0.29) is 0 Å². The highest BCUT2D eigenvalue weighted by Crippen LogP contribution is 2.28. The lowest BCUT2D eigenvalue weighted by molar-refractivity contribution is 0.241. The molecule has 1 aromatic carbocycles. The molecule has 0 atom stereocenters. The van der Waals surface area contributed by atoms with E-state index in [1.807, 2.05) is 38.2 Å². The predicted molar refractivity (Wildman–Crippen MR) is 97.7 cm³/mol. The number of nitrogens with zero attached hydrogens (tertiary/aromatic N) is 3. The number of hydrogen-bond donors (Lipinski definition) is 0. The minimum Gasteiger partial charge on any atom is -0.493 e. The molecule has 0 aliphatic carbocycles. The molecule has 0 amide bonds. The van der Waals surface area contributed by atoms with Crippen LogP contribution in [0.3, 0.4) is 0 Å². The van der Waals surface area contributed by atoms with Gasteiger partial charge in [-0.05, 0) is 60.7 Å². The average molecular weight is 361 g/mol. The third kappa shape index (κ3) is 3.92. The molecule has 0 spiro atoms. The second-order valence-corrected chi connectivity index (χ2v) is 6.52. The van der Waals surface area contributed by atoms with Crippen LogP contribution >= 0.6 is 23.6 Å². The molecule has 2 aromatic heterocycles. The largest absolute Gasteiger partial charge is 0.493 e. The van der Waals surface area contributed by atoms with Crippen molar-refractivity contribution in [3.63, 3.8) is 0 Å². The highest BCUT2D eigenvalue weighted by atomic mass is 32.1. The van der Waals surface area contributed by atoms with E-state index in [1.54, 1.807) is 16.0 Å². The van der Waals surface area contributed by atoms with Crippen LogP contribution in [-0.4, -0.2) is 28.3 Å². The highest BCUT2D eigenvalue weighted by molar-refractivity contribution is 7.71. The first-order valence-electron chi connectivity index (χ1n) is 7.67. The van der Waals surface area contributed by atoms with Crippen molar-refractivity contribution < 1.29 is 9.15 Å². The van der Waals surface area contributed by atoms with Crippen molar-refractivity contribution in [2.75, 3.05) is 13.7 Å². The first kappa shape index (κ1) is 16.9. The van der Waals surface area contributed by atoms with Crippen LogP contribution in [0.25, 0.3) is 11.5 Å². The maximum Gasteiger partial charge on any atom is 0.288 e. The van der Waals surface area contributed by atoms with Crippen molar-refractivity contribution in [2.45, 2.75) is 20.1 Å². The number of aromatic nitrogens is 2. The number of thiophene rings is 1. The summed E-state index contributed by atoms with van der Waals surface area (Å²) in [5, 5.41) is 8.74. The van der Waals surface area contributed by atoms with E-state index in [0.717, 1.165) is 17.9 Å². The summed E-state index contributed by atoms with van der Waals surface area (Å²) in [4.78, 5) is 2.49. The molecule has 0 aliphatic rings. The molecule has 0 saturated carbocycles. The zero-order valence-electron chi connectivity index (χ0n) is 13.6. The van der Waals surface area contributed by atoms with Gasteiger partial charge in [0.05, 0.1) is 18.8 Å². The van der Waals surface area contributed by atoms with Crippen molar-refractivity contribution in [1.82, 2.24) is 14.7 Å². The topological polar surface area (TPSA) is 43.4 Å². The molecule has 0 fully saturated rings. The van der Waals surface area contributed by atoms with Gasteiger partial charge in [0.2, 0.25) is 0 Å². The summed E-state index contributed by atoms with van der Waals surface area (Å²) in [7, 11) is 2.03. The normalized spacial score (nSPS) is 11.1. The van der Waals surface area contributed by atoms with Gasteiger partial charge >= 0.3 is 0 Å². The van der Waals surface area contributed by atoms with E-state index in [9.17, 15) is 0 Å². The first-order valence-corrected chi connectivity index (χ1v) is 9.02. The Kier molecular flexibility index (Phi) is 5.44. The van der Waals surface area contributed by atoms with Gasteiger partial charge in [0.15, 0.2) is 0 Å². The first-order chi connectivity index (χ1) is 11.7. The van der Waals surface area contributed by atoms with Crippen molar-refractivity contribution in [1.29, 1.82) is 0 Å². The summed E-state index contributed by atoms with van der Waals surface area (Å²) in [6.45, 7) is 3.93. The van der Waals surface area contributed by atoms with Crippen molar-refractivity contribution in [3.8, 4) is 17.2 Å². The summed E-state index contributed by atoms with van der Waals surface area (Å²) < 4.78 is 13.0. The van der Waals surface area contributed by atoms with E-state index in [4.69, 9.17) is 21.4 Å². The van der Waals surface area contributed by atoms with E-state index in [0.29, 0.717) is 24.0 Å². The molecule has 0 radical (unpaired) electrons. The molecular formula is C17H19N3O2S2. The molecule has 24 heavy (non-hydrogen) atoms. The number of hydrogen-bond acceptors (Lipinski definition) is 6. The third-order valence-electron chi connectivity index (χ3n) is 3.43. The molecule has 5 nitrogen and oxygen atoms in total. The lowest BCUT2D eigenvalue weighted by Crippen LogP contribution is -2.22. The Morgan fingerprint density at radius 3 is 2.92 bits per heavy atom. The van der Waals surface area contributed by atoms with Crippen LogP contribution in [0.2, 0.25) is 0 Å². The van der Waals surface area contributed by atoms with E-state index >= 15 is 0 Å². The third-order valence-corrected chi connectivity index (χ3v) is 4.46. The van der Waals surface area contributed by atoms with Crippen molar-refractivity contribution in [2.24, 2.45) is 0 Å². The van der Waals surface area contributed by atoms with Crippen LogP contribution in [0.5, 0.6) is 5.75 Å². The monoisotopic (exact) mass is 361 g/mol. The Balaban J connectivity index is 1.79. The smallest absolute Gasteiger partial charge is 0.288 e. The van der Waals surface area contributed by atoms with Crippen LogP contribution in [0.4, 0.5) is 0 Å². The lowest BCUT2D eigenvalue weighted by Gasteiger charge is -2.14. The zero-order valence-corrected chi connectivity index (χ0v) is 15.3. The summed E-state index contributed by atoms with van der Waals surface area (Å²) in [6, 6.07) is 9.80. The average Bonchev–Trinajstić information content (AvgIpc) is 3.19. The van der Waals surface area contributed by atoms with Crippen LogP contribution in [-0.2, 0) is 13.2 Å². The Labute approximate surface area is 150 Å². The SMILES string of the molecule is CCOc1ccccc1-c1nn(CN(C)Cc2ccsc2)c(=S)o1. The minimum absolute atomic E-state index is 0.355. The Morgan fingerprint density at radius 1 is 1.33 bits per heavy atom. The van der Waals surface area contributed by atoms with E-state index in [2.05, 4.69) is 26.8 Å². The van der Waals surface area contributed by atoms with E-state index in [1.165, 1.54) is 5.56 Å². The van der Waals surface area contributed by atoms with Gasteiger partial charge in [0, 0.05) is 6.54 Å². The van der Waals surface area contributed by atoms with Gasteiger partial charge in [-0.15, -0.1) is 5.10 Å². The summed E-state index contributed by atoms with van der Waals surface area (Å²) >= 11 is 7.01. The van der Waals surface area contributed by atoms with Crippen LogP contribution in [0.1, 0.15) is 12.5 Å². The molecule has 3 rings (SSSR count).